The molecule has 0 bridgehead atoms. The summed E-state index contributed by atoms with van der Waals surface area (Å²) >= 11 is 1.41. The third-order valence-corrected chi connectivity index (χ3v) is 4.90. The van der Waals surface area contributed by atoms with Gasteiger partial charge in [0.25, 0.3) is 5.91 Å². The summed E-state index contributed by atoms with van der Waals surface area (Å²) in [5.74, 6) is 0.699. The number of benzene rings is 1. The zero-order valence-electron chi connectivity index (χ0n) is 18.0. The summed E-state index contributed by atoms with van der Waals surface area (Å²) < 4.78 is 10.6. The molecule has 2 N–H and O–H groups in total. The molecule has 2 aromatic rings. The number of anilines is 2. The van der Waals surface area contributed by atoms with Gasteiger partial charge in [-0.3, -0.25) is 10.1 Å². The van der Waals surface area contributed by atoms with Crippen molar-refractivity contribution in [1.29, 1.82) is 0 Å². The summed E-state index contributed by atoms with van der Waals surface area (Å²) in [7, 11) is 1.50. The highest BCUT2D eigenvalue weighted by molar-refractivity contribution is 7.13. The van der Waals surface area contributed by atoms with Gasteiger partial charge < -0.3 is 14.8 Å². The molecule has 0 saturated carbocycles. The SMILES string of the molecule is COc1ccc(NC(=O)c2sc(CC(C)C)nc2C)cc1NC(=O)OC(C)(C)C. The van der Waals surface area contributed by atoms with Gasteiger partial charge in [-0.05, 0) is 51.8 Å². The molecule has 2 rings (SSSR count). The molecule has 1 aromatic carbocycles. The Morgan fingerprint density at radius 2 is 1.90 bits per heavy atom. The normalized spacial score (nSPS) is 11.3. The van der Waals surface area contributed by atoms with Crippen LogP contribution in [0.4, 0.5) is 16.2 Å². The van der Waals surface area contributed by atoms with Crippen LogP contribution in [-0.4, -0.2) is 29.7 Å². The number of nitrogens with one attached hydrogen (secondary N) is 2. The molecule has 7 nitrogen and oxygen atoms in total. The molecule has 1 aromatic heterocycles. The highest BCUT2D eigenvalue weighted by atomic mass is 32.1. The van der Waals surface area contributed by atoms with Crippen molar-refractivity contribution in [3.63, 3.8) is 0 Å². The van der Waals surface area contributed by atoms with Crippen molar-refractivity contribution in [2.75, 3.05) is 17.7 Å². The molecule has 1 heterocycles. The second-order valence-electron chi connectivity index (χ2n) is 8.12. The molecule has 0 aliphatic carbocycles. The number of carbonyl (C=O) groups excluding carboxylic acids is 2. The van der Waals surface area contributed by atoms with Crippen molar-refractivity contribution in [1.82, 2.24) is 4.98 Å². The van der Waals surface area contributed by atoms with Crippen LogP contribution in [0.15, 0.2) is 18.2 Å². The first-order chi connectivity index (χ1) is 13.5. The smallest absolute Gasteiger partial charge is 0.412 e. The van der Waals surface area contributed by atoms with Gasteiger partial charge >= 0.3 is 6.09 Å². The van der Waals surface area contributed by atoms with E-state index in [2.05, 4.69) is 29.5 Å². The van der Waals surface area contributed by atoms with Crippen molar-refractivity contribution < 1.29 is 19.1 Å². The lowest BCUT2D eigenvalue weighted by Crippen LogP contribution is -2.27. The van der Waals surface area contributed by atoms with E-state index in [1.54, 1.807) is 39.0 Å². The van der Waals surface area contributed by atoms with E-state index < -0.39 is 11.7 Å². The molecule has 2 amide bonds. The van der Waals surface area contributed by atoms with Crippen LogP contribution in [0.25, 0.3) is 0 Å². The summed E-state index contributed by atoms with van der Waals surface area (Å²) in [6, 6.07) is 5.01. The minimum absolute atomic E-state index is 0.233. The predicted molar refractivity (Wildman–Crippen MR) is 116 cm³/mol. The molecule has 29 heavy (non-hydrogen) atoms. The number of hydrogen-bond acceptors (Lipinski definition) is 6. The molecule has 0 saturated heterocycles. The molecule has 0 aliphatic rings. The molecule has 8 heteroatoms. The van der Waals surface area contributed by atoms with Crippen molar-refractivity contribution in [2.45, 2.75) is 53.6 Å². The molecule has 0 radical (unpaired) electrons. The third-order valence-electron chi connectivity index (χ3n) is 3.72. The number of aryl methyl sites for hydroxylation is 1. The van der Waals surface area contributed by atoms with Crippen LogP contribution in [0.1, 0.15) is 55.0 Å². The van der Waals surface area contributed by atoms with Gasteiger partial charge in [-0.2, -0.15) is 0 Å². The van der Waals surface area contributed by atoms with Crippen molar-refractivity contribution >= 4 is 34.7 Å². The molecule has 0 aliphatic heterocycles. The Labute approximate surface area is 175 Å². The number of thiazole rings is 1. The Morgan fingerprint density at radius 1 is 1.21 bits per heavy atom. The highest BCUT2D eigenvalue weighted by Crippen LogP contribution is 2.29. The number of nitrogens with zero attached hydrogens (tertiary/aromatic N) is 1. The van der Waals surface area contributed by atoms with E-state index in [0.29, 0.717) is 33.6 Å². The predicted octanol–water partition coefficient (Wildman–Crippen LogP) is 5.26. The van der Waals surface area contributed by atoms with Crippen molar-refractivity contribution in [3.05, 3.63) is 33.8 Å². The van der Waals surface area contributed by atoms with Gasteiger partial charge in [0.1, 0.15) is 16.2 Å². The highest BCUT2D eigenvalue weighted by Gasteiger charge is 2.19. The standard InChI is InChI=1S/C21H29N3O4S/c1-12(2)10-17-22-13(3)18(29-17)19(25)23-14-8-9-16(27-7)15(11-14)24-20(26)28-21(4,5)6/h8-9,11-12H,10H2,1-7H3,(H,23,25)(H,24,26). The van der Waals surface area contributed by atoms with Crippen LogP contribution >= 0.6 is 11.3 Å². The summed E-state index contributed by atoms with van der Waals surface area (Å²) in [6.07, 6.45) is 0.238. The number of methoxy groups -OCH3 is 1. The number of aromatic nitrogens is 1. The monoisotopic (exact) mass is 419 g/mol. The van der Waals surface area contributed by atoms with Gasteiger partial charge in [-0.1, -0.05) is 13.8 Å². The minimum Gasteiger partial charge on any atom is -0.495 e. The average molecular weight is 420 g/mol. The van der Waals surface area contributed by atoms with E-state index in [1.165, 1.54) is 18.4 Å². The first kappa shape index (κ1) is 22.7. The molecule has 0 spiro atoms. The lowest BCUT2D eigenvalue weighted by molar-refractivity contribution is 0.0635. The van der Waals surface area contributed by atoms with Gasteiger partial charge in [-0.25, -0.2) is 9.78 Å². The zero-order valence-corrected chi connectivity index (χ0v) is 18.8. The molecule has 0 unspecified atom stereocenters. The fourth-order valence-electron chi connectivity index (χ4n) is 2.58. The molecule has 0 fully saturated rings. The van der Waals surface area contributed by atoms with Crippen LogP contribution in [0, 0.1) is 12.8 Å². The van der Waals surface area contributed by atoms with E-state index in [1.807, 2.05) is 6.92 Å². The lowest BCUT2D eigenvalue weighted by Gasteiger charge is -2.20. The van der Waals surface area contributed by atoms with E-state index in [-0.39, 0.29) is 5.91 Å². The zero-order chi connectivity index (χ0) is 21.8. The fraction of sp³-hybridized carbons (Fsp3) is 0.476. The second-order valence-corrected chi connectivity index (χ2v) is 9.20. The van der Waals surface area contributed by atoms with Gasteiger partial charge in [0.05, 0.1) is 23.5 Å². The Morgan fingerprint density at radius 3 is 2.48 bits per heavy atom. The van der Waals surface area contributed by atoms with Gasteiger partial charge in [0.15, 0.2) is 0 Å². The topological polar surface area (TPSA) is 89.5 Å². The first-order valence-corrected chi connectivity index (χ1v) is 10.3. The second kappa shape index (κ2) is 9.26. The van der Waals surface area contributed by atoms with Crippen molar-refractivity contribution in [3.8, 4) is 5.75 Å². The summed E-state index contributed by atoms with van der Waals surface area (Å²) in [5, 5.41) is 6.47. The number of hydrogen-bond donors (Lipinski definition) is 2. The summed E-state index contributed by atoms with van der Waals surface area (Å²) in [6.45, 7) is 11.4. The number of amides is 2. The van der Waals surface area contributed by atoms with Gasteiger partial charge in [-0.15, -0.1) is 11.3 Å². The van der Waals surface area contributed by atoms with E-state index in [9.17, 15) is 9.59 Å². The maximum absolute atomic E-state index is 12.7. The quantitative estimate of drug-likeness (QED) is 0.667. The maximum atomic E-state index is 12.7. The van der Waals surface area contributed by atoms with E-state index in [4.69, 9.17) is 9.47 Å². The molecule has 158 valence electrons. The summed E-state index contributed by atoms with van der Waals surface area (Å²) in [4.78, 5) is 29.9. The molecular formula is C21H29N3O4S. The Bertz CT molecular complexity index is 885. The minimum atomic E-state index is -0.624. The first-order valence-electron chi connectivity index (χ1n) is 9.44. The van der Waals surface area contributed by atoms with Crippen LogP contribution < -0.4 is 15.4 Å². The van der Waals surface area contributed by atoms with Gasteiger partial charge in [0, 0.05) is 12.1 Å². The number of ether oxygens (including phenoxy) is 2. The number of carbonyl (C=O) groups is 2. The average Bonchev–Trinajstić information content (AvgIpc) is 2.93. The molecular weight excluding hydrogens is 390 g/mol. The van der Waals surface area contributed by atoms with Crippen molar-refractivity contribution in [2.24, 2.45) is 5.92 Å². The maximum Gasteiger partial charge on any atom is 0.412 e. The van der Waals surface area contributed by atoms with Crippen LogP contribution in [0.5, 0.6) is 5.75 Å². The largest absolute Gasteiger partial charge is 0.495 e. The Hall–Kier alpha value is -2.61. The molecule has 0 atom stereocenters. The van der Waals surface area contributed by atoms with Crippen LogP contribution in [0.2, 0.25) is 0 Å². The van der Waals surface area contributed by atoms with Crippen LogP contribution in [0.3, 0.4) is 0 Å². The fourth-order valence-corrected chi connectivity index (χ4v) is 3.76. The van der Waals surface area contributed by atoms with E-state index in [0.717, 1.165) is 11.4 Å². The Balaban J connectivity index is 2.18. The number of rotatable bonds is 6. The van der Waals surface area contributed by atoms with Gasteiger partial charge in [0.2, 0.25) is 0 Å². The van der Waals surface area contributed by atoms with Crippen LogP contribution in [-0.2, 0) is 11.2 Å². The Kier molecular flexibility index (Phi) is 7.24. The summed E-state index contributed by atoms with van der Waals surface area (Å²) in [5.41, 5.74) is 1.02. The third kappa shape index (κ3) is 6.74. The lowest BCUT2D eigenvalue weighted by atomic mass is 10.1. The van der Waals surface area contributed by atoms with E-state index >= 15 is 0 Å².